The zero-order chi connectivity index (χ0) is 14.9. The zero-order valence-corrected chi connectivity index (χ0v) is 11.9. The number of Topliss-reactive ketones (excluding diaryl/α,β-unsaturated/α-hetero) is 1. The fraction of sp³-hybridized carbons (Fsp3) is 0.375. The van der Waals surface area contributed by atoms with E-state index in [2.05, 4.69) is 6.58 Å². The van der Waals surface area contributed by atoms with Crippen LogP contribution < -0.4 is 4.74 Å². The van der Waals surface area contributed by atoms with Gasteiger partial charge in [-0.1, -0.05) is 12.1 Å². The quantitative estimate of drug-likeness (QED) is 0.481. The van der Waals surface area contributed by atoms with Crippen LogP contribution >= 0.6 is 0 Å². The second kappa shape index (κ2) is 5.49. The SMILES string of the molecule is C=C[C@H]1CC(=O)O[C@H]1C(=O)c1cc(C)cc(C)c1OC. The number of methoxy groups -OCH3 is 1. The van der Waals surface area contributed by atoms with Crippen LogP contribution in [0.1, 0.15) is 27.9 Å². The lowest BCUT2D eigenvalue weighted by atomic mass is 9.92. The minimum atomic E-state index is -0.796. The molecule has 0 saturated carbocycles. The van der Waals surface area contributed by atoms with Gasteiger partial charge in [0, 0.05) is 5.92 Å². The lowest BCUT2D eigenvalue weighted by Crippen LogP contribution is -2.26. The van der Waals surface area contributed by atoms with E-state index in [1.54, 1.807) is 12.1 Å². The number of esters is 1. The molecule has 1 aliphatic heterocycles. The number of hydrogen-bond acceptors (Lipinski definition) is 4. The highest BCUT2D eigenvalue weighted by Crippen LogP contribution is 2.31. The van der Waals surface area contributed by atoms with Crippen molar-refractivity contribution in [1.29, 1.82) is 0 Å². The van der Waals surface area contributed by atoms with Crippen LogP contribution in [0.2, 0.25) is 0 Å². The summed E-state index contributed by atoms with van der Waals surface area (Å²) in [5.41, 5.74) is 2.30. The molecule has 0 unspecified atom stereocenters. The Morgan fingerprint density at radius 3 is 2.75 bits per heavy atom. The predicted octanol–water partition coefficient (Wildman–Crippen LogP) is 2.61. The molecule has 1 aromatic rings. The average molecular weight is 274 g/mol. The molecule has 0 aromatic heterocycles. The van der Waals surface area contributed by atoms with Gasteiger partial charge < -0.3 is 9.47 Å². The van der Waals surface area contributed by atoms with E-state index in [-0.39, 0.29) is 24.1 Å². The highest BCUT2D eigenvalue weighted by Gasteiger charge is 2.39. The molecule has 1 heterocycles. The van der Waals surface area contributed by atoms with Crippen LogP contribution in [0.15, 0.2) is 24.8 Å². The van der Waals surface area contributed by atoms with E-state index >= 15 is 0 Å². The summed E-state index contributed by atoms with van der Waals surface area (Å²) in [4.78, 5) is 24.0. The normalized spacial score (nSPS) is 21.4. The molecule has 0 amide bonds. The van der Waals surface area contributed by atoms with Gasteiger partial charge in [-0.25, -0.2) is 0 Å². The second-order valence-electron chi connectivity index (χ2n) is 5.04. The van der Waals surface area contributed by atoms with Gasteiger partial charge in [0.2, 0.25) is 5.78 Å². The predicted molar refractivity (Wildman–Crippen MR) is 75.0 cm³/mol. The van der Waals surface area contributed by atoms with Gasteiger partial charge in [0.05, 0.1) is 19.1 Å². The van der Waals surface area contributed by atoms with E-state index < -0.39 is 6.10 Å². The Morgan fingerprint density at radius 2 is 2.15 bits per heavy atom. The molecule has 0 N–H and O–H groups in total. The summed E-state index contributed by atoms with van der Waals surface area (Å²) < 4.78 is 10.5. The fourth-order valence-electron chi connectivity index (χ4n) is 2.59. The number of carbonyl (C=O) groups is 2. The number of ketones is 1. The third-order valence-corrected chi connectivity index (χ3v) is 3.50. The molecular weight excluding hydrogens is 256 g/mol. The minimum absolute atomic E-state index is 0.201. The lowest BCUT2D eigenvalue weighted by Gasteiger charge is -2.17. The van der Waals surface area contributed by atoms with Gasteiger partial charge >= 0.3 is 5.97 Å². The smallest absolute Gasteiger partial charge is 0.307 e. The number of aryl methyl sites for hydroxylation is 2. The van der Waals surface area contributed by atoms with Gasteiger partial charge in [0.1, 0.15) is 5.75 Å². The molecular formula is C16H18O4. The van der Waals surface area contributed by atoms with Gasteiger partial charge in [0.25, 0.3) is 0 Å². The first-order valence-electron chi connectivity index (χ1n) is 6.49. The number of benzene rings is 1. The van der Waals surface area contributed by atoms with Crippen LogP contribution in [-0.2, 0) is 9.53 Å². The van der Waals surface area contributed by atoms with Gasteiger partial charge in [-0.05, 0) is 31.0 Å². The minimum Gasteiger partial charge on any atom is -0.496 e. The number of ether oxygens (including phenoxy) is 2. The molecule has 0 spiro atoms. The number of rotatable bonds is 4. The average Bonchev–Trinajstić information content (AvgIpc) is 2.78. The van der Waals surface area contributed by atoms with Crippen LogP contribution in [0, 0.1) is 19.8 Å². The Balaban J connectivity index is 2.43. The van der Waals surface area contributed by atoms with E-state index in [1.807, 2.05) is 19.9 Å². The highest BCUT2D eigenvalue weighted by atomic mass is 16.6. The number of hydrogen-bond donors (Lipinski definition) is 0. The monoisotopic (exact) mass is 274 g/mol. The summed E-state index contributed by atoms with van der Waals surface area (Å²) >= 11 is 0. The molecule has 1 fully saturated rings. The van der Waals surface area contributed by atoms with Gasteiger partial charge in [-0.3, -0.25) is 9.59 Å². The molecule has 1 aromatic carbocycles. The van der Waals surface area contributed by atoms with E-state index in [0.717, 1.165) is 11.1 Å². The van der Waals surface area contributed by atoms with Crippen molar-refractivity contribution < 1.29 is 19.1 Å². The molecule has 2 atom stereocenters. The van der Waals surface area contributed by atoms with Crippen molar-refractivity contribution in [2.45, 2.75) is 26.4 Å². The molecule has 0 radical (unpaired) electrons. The zero-order valence-electron chi connectivity index (χ0n) is 11.9. The van der Waals surface area contributed by atoms with Crippen molar-refractivity contribution in [3.05, 3.63) is 41.5 Å². The molecule has 1 saturated heterocycles. The third-order valence-electron chi connectivity index (χ3n) is 3.50. The molecule has 1 aliphatic rings. The van der Waals surface area contributed by atoms with Gasteiger partial charge in [0.15, 0.2) is 6.10 Å². The van der Waals surface area contributed by atoms with Crippen molar-refractivity contribution in [2.24, 2.45) is 5.92 Å². The van der Waals surface area contributed by atoms with E-state index in [1.165, 1.54) is 7.11 Å². The number of carbonyl (C=O) groups excluding carboxylic acids is 2. The lowest BCUT2D eigenvalue weighted by molar-refractivity contribution is -0.140. The van der Waals surface area contributed by atoms with Gasteiger partial charge in [-0.2, -0.15) is 0 Å². The molecule has 0 aliphatic carbocycles. The number of cyclic esters (lactones) is 1. The van der Waals surface area contributed by atoms with Crippen LogP contribution in [0.25, 0.3) is 0 Å². The molecule has 4 heteroatoms. The summed E-state index contributed by atoms with van der Waals surface area (Å²) in [6, 6.07) is 3.71. The Bertz CT molecular complexity index is 574. The van der Waals surface area contributed by atoms with E-state index in [4.69, 9.17) is 9.47 Å². The summed E-state index contributed by atoms with van der Waals surface area (Å²) in [7, 11) is 1.53. The van der Waals surface area contributed by atoms with Crippen molar-refractivity contribution >= 4 is 11.8 Å². The Kier molecular flexibility index (Phi) is 3.93. The largest absolute Gasteiger partial charge is 0.496 e. The first-order valence-corrected chi connectivity index (χ1v) is 6.49. The first-order chi connectivity index (χ1) is 9.47. The van der Waals surface area contributed by atoms with Crippen LogP contribution in [0.3, 0.4) is 0 Å². The molecule has 0 bridgehead atoms. The summed E-state index contributed by atoms with van der Waals surface area (Å²) in [6.07, 6.45) is 1.01. The maximum atomic E-state index is 12.6. The maximum absolute atomic E-state index is 12.6. The fourth-order valence-corrected chi connectivity index (χ4v) is 2.59. The molecule has 106 valence electrons. The van der Waals surface area contributed by atoms with Crippen molar-refractivity contribution in [1.82, 2.24) is 0 Å². The Labute approximate surface area is 118 Å². The Hall–Kier alpha value is -2.10. The van der Waals surface area contributed by atoms with Crippen LogP contribution in [0.4, 0.5) is 0 Å². The van der Waals surface area contributed by atoms with Crippen molar-refractivity contribution in [3.8, 4) is 5.75 Å². The third kappa shape index (κ3) is 2.46. The summed E-state index contributed by atoms with van der Waals surface area (Å²) in [6.45, 7) is 7.46. The highest BCUT2D eigenvalue weighted by molar-refractivity contribution is 6.04. The summed E-state index contributed by atoms with van der Waals surface area (Å²) in [5, 5.41) is 0. The summed E-state index contributed by atoms with van der Waals surface area (Å²) in [5.74, 6) is -0.340. The van der Waals surface area contributed by atoms with E-state index in [9.17, 15) is 9.59 Å². The topological polar surface area (TPSA) is 52.6 Å². The first kappa shape index (κ1) is 14.3. The standard InChI is InChI=1S/C16H18O4/c1-5-11-8-13(17)20-16(11)14(18)12-7-9(2)6-10(3)15(12)19-4/h5-7,11,16H,1,8H2,2-4H3/t11-,16+/m0/s1. The van der Waals surface area contributed by atoms with Gasteiger partial charge in [-0.15, -0.1) is 6.58 Å². The Morgan fingerprint density at radius 1 is 1.45 bits per heavy atom. The maximum Gasteiger partial charge on any atom is 0.307 e. The van der Waals surface area contributed by atoms with Crippen LogP contribution in [-0.4, -0.2) is 25.0 Å². The second-order valence-corrected chi connectivity index (χ2v) is 5.04. The van der Waals surface area contributed by atoms with Crippen LogP contribution in [0.5, 0.6) is 5.75 Å². The van der Waals surface area contributed by atoms with Crippen molar-refractivity contribution in [3.63, 3.8) is 0 Å². The molecule has 2 rings (SSSR count). The van der Waals surface area contributed by atoms with Crippen molar-refractivity contribution in [2.75, 3.05) is 7.11 Å². The molecule has 20 heavy (non-hydrogen) atoms. The molecule has 4 nitrogen and oxygen atoms in total. The van der Waals surface area contributed by atoms with E-state index in [0.29, 0.717) is 11.3 Å².